The van der Waals surface area contributed by atoms with Crippen LogP contribution in [0.15, 0.2) is 24.3 Å². The zero-order valence-corrected chi connectivity index (χ0v) is 17.8. The maximum absolute atomic E-state index is 13.9. The molecule has 3 aliphatic heterocycles. The second kappa shape index (κ2) is 10.2. The molecule has 3 aliphatic rings. The molecule has 1 amide bonds. The number of amides is 1. The van der Waals surface area contributed by atoms with E-state index in [1.165, 1.54) is 18.9 Å². The molecule has 3 heterocycles. The van der Waals surface area contributed by atoms with Crippen LogP contribution in [0.5, 0.6) is 0 Å². The lowest BCUT2D eigenvalue weighted by Gasteiger charge is -2.34. The van der Waals surface area contributed by atoms with Gasteiger partial charge in [0.15, 0.2) is 0 Å². The van der Waals surface area contributed by atoms with Gasteiger partial charge in [0.25, 0.3) is 0 Å². The Labute approximate surface area is 178 Å². The maximum Gasteiger partial charge on any atom is 0.249 e. The third-order valence-corrected chi connectivity index (χ3v) is 6.30. The van der Waals surface area contributed by atoms with Gasteiger partial charge in [0.1, 0.15) is 12.4 Å². The Balaban J connectivity index is 0.00000140. The summed E-state index contributed by atoms with van der Waals surface area (Å²) in [6.07, 6.45) is 2.38. The minimum absolute atomic E-state index is 0. The SMILES string of the molecule is COCC(=O)N1C[C@H]2CN(C3CCNCC3)C[C@H]2[C@@H]1c1cccc(F)c1.Cl.Cl. The minimum atomic E-state index is -0.238. The van der Waals surface area contributed by atoms with Gasteiger partial charge in [-0.2, -0.15) is 0 Å². The first-order valence-electron chi connectivity index (χ1n) is 9.66. The number of halogens is 3. The number of carbonyl (C=O) groups excluding carboxylic acids is 1. The lowest BCUT2D eigenvalue weighted by Crippen LogP contribution is -2.44. The molecule has 3 fully saturated rings. The van der Waals surface area contributed by atoms with Crippen LogP contribution >= 0.6 is 24.8 Å². The van der Waals surface area contributed by atoms with Crippen molar-refractivity contribution in [3.63, 3.8) is 0 Å². The molecule has 1 aromatic carbocycles. The van der Waals surface area contributed by atoms with Crippen LogP contribution in [0.4, 0.5) is 4.39 Å². The molecule has 0 aliphatic carbocycles. The Morgan fingerprint density at radius 3 is 2.64 bits per heavy atom. The van der Waals surface area contributed by atoms with Crippen molar-refractivity contribution in [2.24, 2.45) is 11.8 Å². The van der Waals surface area contributed by atoms with Gasteiger partial charge in [0.05, 0.1) is 6.04 Å². The predicted molar refractivity (Wildman–Crippen MR) is 112 cm³/mol. The van der Waals surface area contributed by atoms with Crippen LogP contribution in [0.3, 0.4) is 0 Å². The monoisotopic (exact) mass is 433 g/mol. The molecule has 1 aromatic rings. The third-order valence-electron chi connectivity index (χ3n) is 6.30. The number of ether oxygens (including phenoxy) is 1. The molecule has 158 valence electrons. The van der Waals surface area contributed by atoms with Gasteiger partial charge in [-0.3, -0.25) is 9.69 Å². The highest BCUT2D eigenvalue weighted by atomic mass is 35.5. The van der Waals surface area contributed by atoms with Crippen LogP contribution in [-0.4, -0.2) is 68.2 Å². The topological polar surface area (TPSA) is 44.8 Å². The number of nitrogens with zero attached hydrogens (tertiary/aromatic N) is 2. The molecule has 5 nitrogen and oxygen atoms in total. The minimum Gasteiger partial charge on any atom is -0.375 e. The second-order valence-electron chi connectivity index (χ2n) is 7.84. The standard InChI is InChI=1S/C20H28FN3O2.2ClH/c1-26-13-19(25)24-11-15-10-23(17-5-7-22-8-6-17)12-18(15)20(24)14-3-2-4-16(21)9-14;;/h2-4,9,15,17-18,20,22H,5-8,10-13H2,1H3;2*1H/t15-,18-,20+;;/m1../s1. The number of hydrogen-bond acceptors (Lipinski definition) is 4. The molecular weight excluding hydrogens is 404 g/mol. The smallest absolute Gasteiger partial charge is 0.249 e. The van der Waals surface area contributed by atoms with Crippen LogP contribution in [-0.2, 0) is 9.53 Å². The second-order valence-corrected chi connectivity index (χ2v) is 7.84. The maximum atomic E-state index is 13.9. The van der Waals surface area contributed by atoms with Crippen molar-refractivity contribution in [3.8, 4) is 0 Å². The van der Waals surface area contributed by atoms with Crippen molar-refractivity contribution in [1.82, 2.24) is 15.1 Å². The van der Waals surface area contributed by atoms with Crippen molar-refractivity contribution in [1.29, 1.82) is 0 Å². The number of methoxy groups -OCH3 is 1. The van der Waals surface area contributed by atoms with Gasteiger partial charge in [-0.05, 0) is 49.5 Å². The van der Waals surface area contributed by atoms with Crippen LogP contribution in [0.25, 0.3) is 0 Å². The van der Waals surface area contributed by atoms with E-state index in [2.05, 4.69) is 10.2 Å². The normalized spacial score (nSPS) is 27.8. The highest BCUT2D eigenvalue weighted by molar-refractivity contribution is 5.85. The first-order chi connectivity index (χ1) is 12.7. The van der Waals surface area contributed by atoms with Crippen LogP contribution in [0.2, 0.25) is 0 Å². The van der Waals surface area contributed by atoms with Crippen molar-refractivity contribution in [2.75, 3.05) is 46.4 Å². The van der Waals surface area contributed by atoms with E-state index in [-0.39, 0.29) is 49.2 Å². The van der Waals surface area contributed by atoms with Gasteiger partial charge in [-0.1, -0.05) is 12.1 Å². The molecule has 8 heteroatoms. The first kappa shape index (κ1) is 23.4. The summed E-state index contributed by atoms with van der Waals surface area (Å²) in [6, 6.07) is 7.34. The van der Waals surface area contributed by atoms with Crippen LogP contribution < -0.4 is 5.32 Å². The van der Waals surface area contributed by atoms with E-state index in [0.29, 0.717) is 17.9 Å². The molecule has 3 atom stereocenters. The number of piperidine rings is 1. The van der Waals surface area contributed by atoms with E-state index < -0.39 is 0 Å². The number of likely N-dealkylation sites (tertiary alicyclic amines) is 2. The van der Waals surface area contributed by atoms with E-state index in [9.17, 15) is 9.18 Å². The van der Waals surface area contributed by atoms with Gasteiger partial charge >= 0.3 is 0 Å². The summed E-state index contributed by atoms with van der Waals surface area (Å²) in [7, 11) is 1.55. The lowest BCUT2D eigenvalue weighted by molar-refractivity contribution is -0.136. The molecular formula is C20H30Cl2FN3O2. The summed E-state index contributed by atoms with van der Waals surface area (Å²) >= 11 is 0. The third kappa shape index (κ3) is 4.62. The zero-order chi connectivity index (χ0) is 18.1. The Bertz CT molecular complexity index is 660. The van der Waals surface area contributed by atoms with E-state index in [4.69, 9.17) is 4.74 Å². The number of carbonyl (C=O) groups is 1. The Hall–Kier alpha value is -0.920. The lowest BCUT2D eigenvalue weighted by atomic mass is 9.89. The van der Waals surface area contributed by atoms with Gasteiger partial charge in [0, 0.05) is 38.7 Å². The van der Waals surface area contributed by atoms with Gasteiger partial charge < -0.3 is 15.0 Å². The molecule has 28 heavy (non-hydrogen) atoms. The number of hydrogen-bond donors (Lipinski definition) is 1. The molecule has 1 N–H and O–H groups in total. The van der Waals surface area contributed by atoms with E-state index in [1.807, 2.05) is 11.0 Å². The summed E-state index contributed by atoms with van der Waals surface area (Å²) in [4.78, 5) is 17.1. The van der Waals surface area contributed by atoms with Crippen molar-refractivity contribution < 1.29 is 13.9 Å². The Kier molecular flexibility index (Phi) is 8.52. The van der Waals surface area contributed by atoms with E-state index >= 15 is 0 Å². The predicted octanol–water partition coefficient (Wildman–Crippen LogP) is 2.50. The molecule has 0 unspecified atom stereocenters. The molecule has 0 aromatic heterocycles. The van der Waals surface area contributed by atoms with E-state index in [1.54, 1.807) is 19.2 Å². The molecule has 0 radical (unpaired) electrons. The molecule has 0 bridgehead atoms. The number of rotatable bonds is 4. The van der Waals surface area contributed by atoms with Crippen molar-refractivity contribution >= 4 is 30.7 Å². The largest absolute Gasteiger partial charge is 0.375 e. The Morgan fingerprint density at radius 1 is 1.21 bits per heavy atom. The van der Waals surface area contributed by atoms with Crippen molar-refractivity contribution in [3.05, 3.63) is 35.6 Å². The summed E-state index contributed by atoms with van der Waals surface area (Å²) < 4.78 is 18.9. The fourth-order valence-electron chi connectivity index (χ4n) is 5.13. The van der Waals surface area contributed by atoms with Crippen molar-refractivity contribution in [2.45, 2.75) is 24.9 Å². The quantitative estimate of drug-likeness (QED) is 0.791. The van der Waals surface area contributed by atoms with Gasteiger partial charge in [0.2, 0.25) is 5.91 Å². The highest BCUT2D eigenvalue weighted by Gasteiger charge is 2.50. The average molecular weight is 434 g/mol. The number of nitrogens with one attached hydrogen (secondary N) is 1. The summed E-state index contributed by atoms with van der Waals surface area (Å²) in [6.45, 7) is 5.04. The fraction of sp³-hybridized carbons (Fsp3) is 0.650. The summed E-state index contributed by atoms with van der Waals surface area (Å²) in [5.41, 5.74) is 0.911. The first-order valence-corrected chi connectivity index (χ1v) is 9.66. The van der Waals surface area contributed by atoms with Gasteiger partial charge in [-0.15, -0.1) is 24.8 Å². The average Bonchev–Trinajstić information content (AvgIpc) is 3.20. The van der Waals surface area contributed by atoms with E-state index in [0.717, 1.165) is 38.3 Å². The molecule has 4 rings (SSSR count). The fourth-order valence-corrected chi connectivity index (χ4v) is 5.13. The summed E-state index contributed by atoms with van der Waals surface area (Å²) in [5, 5.41) is 3.43. The summed E-state index contributed by atoms with van der Waals surface area (Å²) in [5.74, 6) is 0.592. The highest BCUT2D eigenvalue weighted by Crippen LogP contribution is 2.46. The number of fused-ring (bicyclic) bond motifs is 1. The zero-order valence-electron chi connectivity index (χ0n) is 16.2. The van der Waals surface area contributed by atoms with Crippen LogP contribution in [0.1, 0.15) is 24.4 Å². The Morgan fingerprint density at radius 2 is 1.96 bits per heavy atom. The van der Waals surface area contributed by atoms with Gasteiger partial charge in [-0.25, -0.2) is 4.39 Å². The molecule has 0 spiro atoms. The molecule has 3 saturated heterocycles. The number of benzene rings is 1. The molecule has 0 saturated carbocycles. The van der Waals surface area contributed by atoms with Crippen LogP contribution in [0, 0.1) is 17.7 Å².